The molecule has 3 aromatic rings. The lowest BCUT2D eigenvalue weighted by Crippen LogP contribution is -2.23. The predicted octanol–water partition coefficient (Wildman–Crippen LogP) is 5.44. The molecule has 3 aromatic carbocycles. The van der Waals surface area contributed by atoms with Gasteiger partial charge in [0.05, 0.1) is 5.56 Å². The molecular formula is C22H18F3N3OS. The Labute approximate surface area is 177 Å². The number of alkyl halides is 3. The zero-order valence-corrected chi connectivity index (χ0v) is 16.5. The molecule has 0 bridgehead atoms. The van der Waals surface area contributed by atoms with Crippen molar-refractivity contribution in [1.29, 1.82) is 0 Å². The number of nitrogens with one attached hydrogen (secondary N) is 3. The van der Waals surface area contributed by atoms with Crippen molar-refractivity contribution in [2.45, 2.75) is 12.7 Å². The van der Waals surface area contributed by atoms with E-state index in [0.29, 0.717) is 17.8 Å². The zero-order valence-electron chi connectivity index (χ0n) is 15.7. The summed E-state index contributed by atoms with van der Waals surface area (Å²) >= 11 is 5.17. The fourth-order valence-electron chi connectivity index (χ4n) is 2.69. The van der Waals surface area contributed by atoms with Crippen LogP contribution in [0.25, 0.3) is 0 Å². The standard InChI is InChI=1S/C22H18F3N3OS/c23-22(24,25)17-9-5-11-19(13-17)28-21(30)27-18-10-4-8-16(12-18)20(29)26-14-15-6-2-1-3-7-15/h1-13H,14H2,(H,26,29)(H2,27,28,30). The Bertz CT molecular complexity index is 1040. The van der Waals surface area contributed by atoms with E-state index in [4.69, 9.17) is 12.2 Å². The van der Waals surface area contributed by atoms with Crippen LogP contribution in [0.1, 0.15) is 21.5 Å². The van der Waals surface area contributed by atoms with Gasteiger partial charge < -0.3 is 16.0 Å². The first-order valence-electron chi connectivity index (χ1n) is 8.99. The molecule has 0 fully saturated rings. The van der Waals surface area contributed by atoms with Crippen LogP contribution in [-0.4, -0.2) is 11.0 Å². The molecular weight excluding hydrogens is 411 g/mol. The summed E-state index contributed by atoms with van der Waals surface area (Å²) < 4.78 is 38.5. The van der Waals surface area contributed by atoms with Crippen molar-refractivity contribution in [1.82, 2.24) is 5.32 Å². The van der Waals surface area contributed by atoms with Crippen molar-refractivity contribution < 1.29 is 18.0 Å². The van der Waals surface area contributed by atoms with Crippen LogP contribution in [0.4, 0.5) is 24.5 Å². The quantitative estimate of drug-likeness (QED) is 0.473. The molecule has 0 spiro atoms. The molecule has 4 nitrogen and oxygen atoms in total. The van der Waals surface area contributed by atoms with E-state index in [9.17, 15) is 18.0 Å². The molecule has 154 valence electrons. The molecule has 0 aliphatic carbocycles. The van der Waals surface area contributed by atoms with Crippen LogP contribution in [0.15, 0.2) is 78.9 Å². The molecule has 3 rings (SSSR count). The Morgan fingerprint density at radius 1 is 0.833 bits per heavy atom. The molecule has 0 saturated heterocycles. The molecule has 0 atom stereocenters. The third kappa shape index (κ3) is 6.05. The number of carbonyl (C=O) groups is 1. The second kappa shape index (κ2) is 9.41. The van der Waals surface area contributed by atoms with Gasteiger partial charge in [-0.15, -0.1) is 0 Å². The minimum atomic E-state index is -4.44. The molecule has 0 aliphatic rings. The van der Waals surface area contributed by atoms with Crippen LogP contribution >= 0.6 is 12.2 Å². The molecule has 0 aliphatic heterocycles. The Morgan fingerprint density at radius 3 is 2.13 bits per heavy atom. The first kappa shape index (κ1) is 21.3. The molecule has 30 heavy (non-hydrogen) atoms. The summed E-state index contributed by atoms with van der Waals surface area (Å²) in [5.41, 5.74) is 1.38. The summed E-state index contributed by atoms with van der Waals surface area (Å²) in [4.78, 5) is 12.4. The maximum atomic E-state index is 12.8. The SMILES string of the molecule is O=C(NCc1ccccc1)c1cccc(NC(=S)Nc2cccc(C(F)(F)F)c2)c1. The molecule has 0 heterocycles. The first-order valence-corrected chi connectivity index (χ1v) is 9.39. The Balaban J connectivity index is 1.60. The number of anilines is 2. The van der Waals surface area contributed by atoms with E-state index in [2.05, 4.69) is 16.0 Å². The van der Waals surface area contributed by atoms with Crippen molar-refractivity contribution in [3.63, 3.8) is 0 Å². The Kier molecular flexibility index (Phi) is 6.68. The molecule has 0 saturated carbocycles. The van der Waals surface area contributed by atoms with Crippen LogP contribution < -0.4 is 16.0 Å². The lowest BCUT2D eigenvalue weighted by atomic mass is 10.1. The van der Waals surface area contributed by atoms with Gasteiger partial charge >= 0.3 is 6.18 Å². The van der Waals surface area contributed by atoms with Gasteiger partial charge in [0.15, 0.2) is 5.11 Å². The third-order valence-corrected chi connectivity index (χ3v) is 4.33. The number of benzene rings is 3. The summed E-state index contributed by atoms with van der Waals surface area (Å²) in [6.45, 7) is 0.396. The van der Waals surface area contributed by atoms with Gasteiger partial charge in [-0.3, -0.25) is 4.79 Å². The van der Waals surface area contributed by atoms with E-state index in [1.807, 2.05) is 30.3 Å². The molecule has 8 heteroatoms. The van der Waals surface area contributed by atoms with Gasteiger partial charge in [0.2, 0.25) is 0 Å². The summed E-state index contributed by atoms with van der Waals surface area (Å²) in [6.07, 6.45) is -4.44. The van der Waals surface area contributed by atoms with Gasteiger partial charge in [0, 0.05) is 23.5 Å². The lowest BCUT2D eigenvalue weighted by molar-refractivity contribution is -0.137. The summed E-state index contributed by atoms with van der Waals surface area (Å²) in [6, 6.07) is 20.9. The third-order valence-electron chi connectivity index (χ3n) is 4.13. The van der Waals surface area contributed by atoms with Gasteiger partial charge in [-0.05, 0) is 54.2 Å². The van der Waals surface area contributed by atoms with Gasteiger partial charge in [-0.25, -0.2) is 0 Å². The highest BCUT2D eigenvalue weighted by molar-refractivity contribution is 7.80. The van der Waals surface area contributed by atoms with Crippen molar-refractivity contribution in [2.75, 3.05) is 10.6 Å². The molecule has 0 unspecified atom stereocenters. The van der Waals surface area contributed by atoms with Gasteiger partial charge in [0.1, 0.15) is 0 Å². The van der Waals surface area contributed by atoms with E-state index in [-0.39, 0.29) is 16.7 Å². The molecule has 3 N–H and O–H groups in total. The molecule has 0 radical (unpaired) electrons. The second-order valence-electron chi connectivity index (χ2n) is 6.41. The van der Waals surface area contributed by atoms with E-state index >= 15 is 0 Å². The van der Waals surface area contributed by atoms with Gasteiger partial charge in [-0.1, -0.05) is 42.5 Å². The fraction of sp³-hybridized carbons (Fsp3) is 0.0909. The number of hydrogen-bond acceptors (Lipinski definition) is 2. The van der Waals surface area contributed by atoms with Crippen LogP contribution in [0, 0.1) is 0 Å². The monoisotopic (exact) mass is 429 g/mol. The molecule has 1 amide bonds. The minimum Gasteiger partial charge on any atom is -0.348 e. The highest BCUT2D eigenvalue weighted by atomic mass is 32.1. The van der Waals surface area contributed by atoms with Crippen LogP contribution in [-0.2, 0) is 12.7 Å². The topological polar surface area (TPSA) is 53.2 Å². The predicted molar refractivity (Wildman–Crippen MR) is 115 cm³/mol. The van der Waals surface area contributed by atoms with Crippen LogP contribution in [0.2, 0.25) is 0 Å². The summed E-state index contributed by atoms with van der Waals surface area (Å²) in [5, 5.41) is 8.54. The smallest absolute Gasteiger partial charge is 0.348 e. The number of rotatable bonds is 5. The normalized spacial score (nSPS) is 10.9. The maximum Gasteiger partial charge on any atom is 0.416 e. The van der Waals surface area contributed by atoms with Crippen molar-refractivity contribution >= 4 is 34.6 Å². The number of amides is 1. The zero-order chi connectivity index (χ0) is 21.6. The Hall–Kier alpha value is -3.39. The number of halogens is 3. The van der Waals surface area contributed by atoms with E-state index in [1.165, 1.54) is 12.1 Å². The minimum absolute atomic E-state index is 0.108. The van der Waals surface area contributed by atoms with Crippen LogP contribution in [0.3, 0.4) is 0 Å². The largest absolute Gasteiger partial charge is 0.416 e. The number of carbonyl (C=O) groups excluding carboxylic acids is 1. The summed E-state index contributed by atoms with van der Waals surface area (Å²) in [5.74, 6) is -0.251. The lowest BCUT2D eigenvalue weighted by Gasteiger charge is -2.13. The van der Waals surface area contributed by atoms with Gasteiger partial charge in [-0.2, -0.15) is 13.2 Å². The summed E-state index contributed by atoms with van der Waals surface area (Å²) in [7, 11) is 0. The fourth-order valence-corrected chi connectivity index (χ4v) is 2.92. The highest BCUT2D eigenvalue weighted by Gasteiger charge is 2.30. The van der Waals surface area contributed by atoms with E-state index in [0.717, 1.165) is 17.7 Å². The Morgan fingerprint density at radius 2 is 1.47 bits per heavy atom. The number of thiocarbonyl (C=S) groups is 1. The van der Waals surface area contributed by atoms with E-state index in [1.54, 1.807) is 24.3 Å². The molecule has 0 aromatic heterocycles. The average molecular weight is 429 g/mol. The van der Waals surface area contributed by atoms with Crippen molar-refractivity contribution in [2.24, 2.45) is 0 Å². The van der Waals surface area contributed by atoms with E-state index < -0.39 is 11.7 Å². The average Bonchev–Trinajstić information content (AvgIpc) is 2.72. The highest BCUT2D eigenvalue weighted by Crippen LogP contribution is 2.30. The maximum absolute atomic E-state index is 12.8. The first-order chi connectivity index (χ1) is 14.3. The second-order valence-corrected chi connectivity index (χ2v) is 6.82. The number of hydrogen-bond donors (Lipinski definition) is 3. The van der Waals surface area contributed by atoms with Gasteiger partial charge in [0.25, 0.3) is 5.91 Å². The van der Waals surface area contributed by atoms with Crippen molar-refractivity contribution in [3.05, 3.63) is 95.6 Å². The van der Waals surface area contributed by atoms with Crippen LogP contribution in [0.5, 0.6) is 0 Å². The van der Waals surface area contributed by atoms with Crippen molar-refractivity contribution in [3.8, 4) is 0 Å².